The standard InChI is InChI=1S/C49H71N7O8S/c1-33(2)14-12-26-47(3,4)43-23-20-37-36-19-18-34-32-35(24-27-48(34,5)38(36)25-28-49(37,43)6)54(65(62,63)42-16-10-9-15-40(42)55(58)59)31-13-30-51-44(57)17-8-7-11-29-50-39-21-22-41(56(60)61)46-45(39)52-64-53-46/h9-10,15-16,18,21-22,33,35-38,43,50H,7-8,11-14,17,19-20,23-32H2,1-6H3,(H,51,57)/t35-,36?,37?,38?,43+,48-,49-/m0/s1. The lowest BCUT2D eigenvalue weighted by atomic mass is 9.46. The number of sulfonamides is 1. The van der Waals surface area contributed by atoms with Gasteiger partial charge >= 0.3 is 5.69 Å². The van der Waals surface area contributed by atoms with E-state index in [1.807, 2.05) is 0 Å². The van der Waals surface area contributed by atoms with Crippen LogP contribution in [0.1, 0.15) is 144 Å². The minimum absolute atomic E-state index is 0.00441. The molecule has 16 heteroatoms. The van der Waals surface area contributed by atoms with Gasteiger partial charge in [-0.25, -0.2) is 13.0 Å². The fraction of sp³-hybridized carbons (Fsp3) is 0.694. The molecule has 7 atom stereocenters. The molecule has 4 aliphatic rings. The van der Waals surface area contributed by atoms with Crippen molar-refractivity contribution in [3.63, 3.8) is 0 Å². The number of hydrogen-bond acceptors (Lipinski definition) is 11. The smallest absolute Gasteiger partial charge is 0.300 e. The van der Waals surface area contributed by atoms with Gasteiger partial charge in [-0.2, -0.15) is 4.31 Å². The number of amides is 1. The van der Waals surface area contributed by atoms with Gasteiger partial charge < -0.3 is 10.6 Å². The SMILES string of the molecule is CC(C)CCCC(C)(C)[C@H]1CCC2C3CC=C4C[C@@H](N(CCCNC(=O)CCCCCNc5ccc([N+](=O)[O-])c6nonc56)S(=O)(=O)c5ccccc5[N+](=O)[O-])CC[C@]4(C)C3CC[C@@]21C. The van der Waals surface area contributed by atoms with E-state index < -0.39 is 25.6 Å². The predicted molar refractivity (Wildman–Crippen MR) is 251 cm³/mol. The average Bonchev–Trinajstić information content (AvgIpc) is 3.90. The van der Waals surface area contributed by atoms with E-state index in [-0.39, 0.29) is 52.1 Å². The van der Waals surface area contributed by atoms with Gasteiger partial charge in [-0.05, 0) is 145 Å². The molecule has 1 heterocycles. The summed E-state index contributed by atoms with van der Waals surface area (Å²) in [5, 5.41) is 37.0. The summed E-state index contributed by atoms with van der Waals surface area (Å²) in [6, 6.07) is 8.21. The van der Waals surface area contributed by atoms with Crippen molar-refractivity contribution in [2.45, 2.75) is 155 Å². The van der Waals surface area contributed by atoms with Crippen molar-refractivity contribution in [2.75, 3.05) is 25.0 Å². The second-order valence-corrected chi connectivity index (χ2v) is 23.1. The highest BCUT2D eigenvalue weighted by Gasteiger charge is 2.61. The number of rotatable bonds is 21. The number of nitrogens with one attached hydrogen (secondary N) is 2. The molecule has 4 aliphatic carbocycles. The number of carbonyl (C=O) groups is 1. The Morgan fingerprint density at radius 3 is 2.42 bits per heavy atom. The first-order valence-electron chi connectivity index (χ1n) is 24.2. The zero-order valence-electron chi connectivity index (χ0n) is 39.4. The van der Waals surface area contributed by atoms with E-state index in [1.165, 1.54) is 85.2 Å². The van der Waals surface area contributed by atoms with Gasteiger partial charge in [0.1, 0.15) is 0 Å². The van der Waals surface area contributed by atoms with Gasteiger partial charge in [0.2, 0.25) is 21.4 Å². The van der Waals surface area contributed by atoms with Crippen molar-refractivity contribution in [2.24, 2.45) is 45.8 Å². The molecular weight excluding hydrogens is 847 g/mol. The number of carbonyl (C=O) groups excluding carboxylic acids is 1. The lowest BCUT2D eigenvalue weighted by molar-refractivity contribution is -0.387. The molecule has 0 saturated heterocycles. The molecule has 0 spiro atoms. The van der Waals surface area contributed by atoms with Crippen LogP contribution in [0.4, 0.5) is 17.1 Å². The maximum atomic E-state index is 14.6. The number of hydrogen-bond donors (Lipinski definition) is 2. The third-order valence-electron chi connectivity index (χ3n) is 16.5. The summed E-state index contributed by atoms with van der Waals surface area (Å²) in [5.74, 6) is 3.23. The van der Waals surface area contributed by atoms with Crippen molar-refractivity contribution in [3.8, 4) is 0 Å². The minimum atomic E-state index is -4.26. The first-order chi connectivity index (χ1) is 30.9. The Morgan fingerprint density at radius 2 is 1.66 bits per heavy atom. The zero-order valence-corrected chi connectivity index (χ0v) is 40.2. The highest BCUT2D eigenvalue weighted by Crippen LogP contribution is 2.69. The lowest BCUT2D eigenvalue weighted by Gasteiger charge is -2.59. The number of benzene rings is 2. The normalized spacial score (nSPS) is 26.6. The van der Waals surface area contributed by atoms with Crippen LogP contribution in [0.15, 0.2) is 57.6 Å². The maximum Gasteiger partial charge on any atom is 0.300 e. The first kappa shape index (κ1) is 48.5. The molecule has 1 amide bonds. The van der Waals surface area contributed by atoms with Crippen molar-refractivity contribution in [1.82, 2.24) is 19.9 Å². The van der Waals surface area contributed by atoms with Crippen molar-refractivity contribution in [1.29, 1.82) is 0 Å². The Balaban J connectivity index is 0.961. The number of nitrogens with zero attached hydrogens (tertiary/aromatic N) is 5. The van der Waals surface area contributed by atoms with Crippen LogP contribution >= 0.6 is 0 Å². The zero-order chi connectivity index (χ0) is 46.7. The Kier molecular flexibility index (Phi) is 14.8. The molecular formula is C49H71N7O8S. The summed E-state index contributed by atoms with van der Waals surface area (Å²) in [5.41, 5.74) is 2.34. The summed E-state index contributed by atoms with van der Waals surface area (Å²) >= 11 is 0. The number of unbranched alkanes of at least 4 members (excludes halogenated alkanes) is 2. The highest BCUT2D eigenvalue weighted by molar-refractivity contribution is 7.89. The lowest BCUT2D eigenvalue weighted by Crippen LogP contribution is -2.53. The van der Waals surface area contributed by atoms with Crippen LogP contribution in [-0.2, 0) is 14.8 Å². The summed E-state index contributed by atoms with van der Waals surface area (Å²) < 4.78 is 35.4. The van der Waals surface area contributed by atoms with Gasteiger partial charge in [0.25, 0.3) is 5.69 Å². The Bertz CT molecular complexity index is 2350. The van der Waals surface area contributed by atoms with E-state index in [4.69, 9.17) is 4.63 Å². The molecule has 0 radical (unpaired) electrons. The van der Waals surface area contributed by atoms with Crippen LogP contribution in [0, 0.1) is 66.1 Å². The molecule has 3 saturated carbocycles. The van der Waals surface area contributed by atoms with Crippen LogP contribution in [0.25, 0.3) is 11.0 Å². The van der Waals surface area contributed by atoms with Crippen LogP contribution < -0.4 is 10.6 Å². The Hall–Kier alpha value is -4.44. The minimum Gasteiger partial charge on any atom is -0.383 e. The van der Waals surface area contributed by atoms with Gasteiger partial charge in [-0.3, -0.25) is 25.0 Å². The number of fused-ring (bicyclic) bond motifs is 6. The van der Waals surface area contributed by atoms with E-state index >= 15 is 0 Å². The monoisotopic (exact) mass is 918 g/mol. The molecule has 7 rings (SSSR count). The largest absolute Gasteiger partial charge is 0.383 e. The molecule has 0 bridgehead atoms. The molecule has 356 valence electrons. The quantitative estimate of drug-likeness (QED) is 0.0445. The number of allylic oxidation sites excluding steroid dienone is 1. The van der Waals surface area contributed by atoms with Gasteiger partial charge in [0.15, 0.2) is 10.4 Å². The third kappa shape index (κ3) is 9.99. The van der Waals surface area contributed by atoms with Crippen LogP contribution in [0.5, 0.6) is 0 Å². The van der Waals surface area contributed by atoms with Gasteiger partial charge in [-0.15, -0.1) is 0 Å². The molecule has 3 fully saturated rings. The van der Waals surface area contributed by atoms with Crippen molar-refractivity contribution in [3.05, 3.63) is 68.3 Å². The molecule has 15 nitrogen and oxygen atoms in total. The van der Waals surface area contributed by atoms with Crippen LogP contribution in [0.2, 0.25) is 0 Å². The number of nitro groups is 2. The Morgan fingerprint density at radius 1 is 0.908 bits per heavy atom. The average molecular weight is 918 g/mol. The number of aromatic nitrogens is 2. The molecule has 2 N–H and O–H groups in total. The van der Waals surface area contributed by atoms with Gasteiger partial charge in [-0.1, -0.05) is 84.6 Å². The summed E-state index contributed by atoms with van der Waals surface area (Å²) in [4.78, 5) is 34.9. The molecule has 3 unspecified atom stereocenters. The predicted octanol–water partition coefficient (Wildman–Crippen LogP) is 11.0. The molecule has 3 aromatic rings. The first-order valence-corrected chi connectivity index (χ1v) is 25.7. The van der Waals surface area contributed by atoms with Crippen LogP contribution in [-0.4, -0.2) is 64.5 Å². The van der Waals surface area contributed by atoms with E-state index in [2.05, 4.69) is 68.6 Å². The number of nitro benzene ring substituents is 2. The summed E-state index contributed by atoms with van der Waals surface area (Å²) in [6.07, 6.45) is 17.4. The topological polar surface area (TPSA) is 204 Å². The maximum absolute atomic E-state index is 14.6. The molecule has 65 heavy (non-hydrogen) atoms. The van der Waals surface area contributed by atoms with E-state index in [1.54, 1.807) is 6.07 Å². The van der Waals surface area contributed by atoms with E-state index in [0.29, 0.717) is 72.9 Å². The second-order valence-electron chi connectivity index (χ2n) is 21.2. The molecule has 2 aromatic carbocycles. The van der Waals surface area contributed by atoms with E-state index in [9.17, 15) is 33.4 Å². The summed E-state index contributed by atoms with van der Waals surface area (Å²) in [7, 11) is -4.26. The van der Waals surface area contributed by atoms with Crippen molar-refractivity contribution >= 4 is 44.0 Å². The molecule has 0 aliphatic heterocycles. The number of anilines is 1. The second kappa shape index (κ2) is 19.8. The highest BCUT2D eigenvalue weighted by atomic mass is 32.2. The van der Waals surface area contributed by atoms with Crippen LogP contribution in [0.3, 0.4) is 0 Å². The van der Waals surface area contributed by atoms with Gasteiger partial charge in [0.05, 0.1) is 15.5 Å². The number of non-ortho nitro benzene ring substituents is 1. The third-order valence-corrected chi connectivity index (χ3v) is 18.5. The summed E-state index contributed by atoms with van der Waals surface area (Å²) in [6.45, 7) is 15.7. The van der Waals surface area contributed by atoms with Crippen molar-refractivity contribution < 1.29 is 27.7 Å². The fourth-order valence-electron chi connectivity index (χ4n) is 13.3. The van der Waals surface area contributed by atoms with E-state index in [0.717, 1.165) is 37.5 Å². The fourth-order valence-corrected chi connectivity index (χ4v) is 15.1. The number of para-hydroxylation sites is 1. The van der Waals surface area contributed by atoms with Gasteiger partial charge in [0, 0.05) is 44.2 Å². The Labute approximate surface area is 384 Å². The molecule has 1 aromatic heterocycles.